The Balaban J connectivity index is -0.000000668. The number of carbonyl (C=O) groups excluding carboxylic acids is 3. The predicted molar refractivity (Wildman–Crippen MR) is 255 cm³/mol. The molecule has 2 unspecified atom stereocenters. The highest BCUT2D eigenvalue weighted by Gasteiger charge is 2.27. The van der Waals surface area contributed by atoms with Crippen molar-refractivity contribution in [1.82, 2.24) is 0 Å². The van der Waals surface area contributed by atoms with Crippen LogP contribution in [-0.2, 0) is 14.3 Å². The molecule has 0 aliphatic heterocycles. The summed E-state index contributed by atoms with van der Waals surface area (Å²) in [6.07, 6.45) is 13.8. The number of rotatable bonds is 19. The highest BCUT2D eigenvalue weighted by molar-refractivity contribution is 6.24. The molecule has 2 aromatic rings. The number of unbranched alkanes of at least 4 members (excludes halogenated alkanes) is 7. The molecule has 0 amide bonds. The second kappa shape index (κ2) is 37.6. The van der Waals surface area contributed by atoms with E-state index in [9.17, 15) is 24.3 Å². The molecule has 0 saturated heterocycles. The largest absolute Gasteiger partial charge is 0.481 e. The Kier molecular flexibility index (Phi) is 38.3. The first-order valence-corrected chi connectivity index (χ1v) is 23.2. The number of hydrogen-bond donors (Lipinski definition) is 2. The van der Waals surface area contributed by atoms with Crippen molar-refractivity contribution in [2.75, 3.05) is 13.7 Å². The summed E-state index contributed by atoms with van der Waals surface area (Å²) in [5.74, 6) is 2.15. The molecule has 0 heterocycles. The van der Waals surface area contributed by atoms with Crippen LogP contribution in [0.15, 0.2) is 48.5 Å². The smallest absolute Gasteiger partial charge is 0.306 e. The summed E-state index contributed by atoms with van der Waals surface area (Å²) in [5, 5.41) is 18.5. The summed E-state index contributed by atoms with van der Waals surface area (Å²) in [7, 11) is 1.72. The monoisotopic (exact) mass is 841 g/mol. The average Bonchev–Trinajstić information content (AvgIpc) is 3.47. The number of carboxylic acid groups (broad SMARTS) is 1. The van der Waals surface area contributed by atoms with Gasteiger partial charge >= 0.3 is 5.97 Å². The van der Waals surface area contributed by atoms with Crippen LogP contribution in [0.25, 0.3) is 0 Å². The van der Waals surface area contributed by atoms with E-state index in [1.165, 1.54) is 57.8 Å². The summed E-state index contributed by atoms with van der Waals surface area (Å²) in [4.78, 5) is 43.7. The zero-order valence-corrected chi connectivity index (χ0v) is 41.4. The lowest BCUT2D eigenvalue weighted by atomic mass is 9.90. The van der Waals surface area contributed by atoms with Gasteiger partial charge in [-0.15, -0.1) is 0 Å². The molecule has 0 bridgehead atoms. The van der Waals surface area contributed by atoms with Gasteiger partial charge in [0, 0.05) is 30.8 Å². The summed E-state index contributed by atoms with van der Waals surface area (Å²) >= 11 is 0. The minimum absolute atomic E-state index is 0.0347. The molecule has 3 rings (SSSR count). The van der Waals surface area contributed by atoms with Crippen molar-refractivity contribution in [1.29, 1.82) is 0 Å². The SMILES string of the molecule is CC(=O)C(C)C.CC(C)C(O)c1ccccc1.CC(C)c1ccc2c(c1)C(=O)CC2=O.CCCCCCC(C(=O)O)C(C)C.CCCCCCCC(C)C.COCC(C)C. The van der Waals surface area contributed by atoms with E-state index in [1.807, 2.05) is 84.0 Å². The maximum absolute atomic E-state index is 11.4. The van der Waals surface area contributed by atoms with E-state index in [0.29, 0.717) is 23.0 Å². The fourth-order valence-corrected chi connectivity index (χ4v) is 5.79. The molecule has 1 aliphatic rings. The number of Topliss-reactive ketones (excluding diaryl/α,β-unsaturated/α-hetero) is 3. The number of ketones is 3. The van der Waals surface area contributed by atoms with Gasteiger partial charge in [-0.2, -0.15) is 0 Å². The van der Waals surface area contributed by atoms with Gasteiger partial charge in [0.25, 0.3) is 0 Å². The predicted octanol–water partition coefficient (Wildman–Crippen LogP) is 14.8. The van der Waals surface area contributed by atoms with Crippen molar-refractivity contribution in [3.63, 3.8) is 0 Å². The lowest BCUT2D eigenvalue weighted by Crippen LogP contribution is -2.19. The Labute approximate surface area is 369 Å². The van der Waals surface area contributed by atoms with Gasteiger partial charge in [0.05, 0.1) is 18.4 Å². The van der Waals surface area contributed by atoms with Crippen LogP contribution in [0, 0.1) is 35.5 Å². The van der Waals surface area contributed by atoms with Crippen molar-refractivity contribution in [2.24, 2.45) is 35.5 Å². The molecule has 2 aromatic carbocycles. The summed E-state index contributed by atoms with van der Waals surface area (Å²) < 4.78 is 4.80. The number of methoxy groups -OCH3 is 1. The minimum atomic E-state index is -0.633. The molecule has 60 heavy (non-hydrogen) atoms. The third-order valence-corrected chi connectivity index (χ3v) is 10.1. The van der Waals surface area contributed by atoms with Gasteiger partial charge in [0.2, 0.25) is 0 Å². The van der Waals surface area contributed by atoms with Crippen molar-refractivity contribution in [3.05, 3.63) is 70.8 Å². The highest BCUT2D eigenvalue weighted by Crippen LogP contribution is 2.26. The Bertz CT molecular complexity index is 1370. The lowest BCUT2D eigenvalue weighted by molar-refractivity contribution is -0.143. The number of aliphatic hydroxyl groups is 1. The number of benzene rings is 2. The van der Waals surface area contributed by atoms with Crippen LogP contribution in [0.3, 0.4) is 0 Å². The van der Waals surface area contributed by atoms with Crippen molar-refractivity contribution in [2.45, 2.75) is 193 Å². The molecule has 0 saturated carbocycles. The van der Waals surface area contributed by atoms with Crippen molar-refractivity contribution >= 4 is 23.3 Å². The molecule has 0 fully saturated rings. The van der Waals surface area contributed by atoms with Crippen LogP contribution >= 0.6 is 0 Å². The van der Waals surface area contributed by atoms with Gasteiger partial charge in [-0.1, -0.05) is 204 Å². The first kappa shape index (κ1) is 61.1. The van der Waals surface area contributed by atoms with Gasteiger partial charge in [-0.05, 0) is 60.1 Å². The van der Waals surface area contributed by atoms with E-state index < -0.39 is 5.97 Å². The maximum atomic E-state index is 11.4. The fraction of sp³-hybridized carbons (Fsp3) is 0.698. The molecule has 0 spiro atoms. The first-order valence-electron chi connectivity index (χ1n) is 23.2. The number of fused-ring (bicyclic) bond motifs is 1. The van der Waals surface area contributed by atoms with Gasteiger partial charge in [0.1, 0.15) is 5.78 Å². The molecule has 2 N–H and O–H groups in total. The summed E-state index contributed by atoms with van der Waals surface area (Å²) in [5.41, 5.74) is 3.33. The van der Waals surface area contributed by atoms with Crippen molar-refractivity contribution in [3.8, 4) is 0 Å². The Morgan fingerprint density at radius 3 is 1.50 bits per heavy atom. The van der Waals surface area contributed by atoms with E-state index in [1.54, 1.807) is 20.1 Å². The Hall–Kier alpha value is -3.16. The minimum Gasteiger partial charge on any atom is -0.481 e. The summed E-state index contributed by atoms with van der Waals surface area (Å²) in [6.45, 7) is 31.7. The third-order valence-electron chi connectivity index (χ3n) is 10.1. The zero-order chi connectivity index (χ0) is 46.8. The number of ether oxygens (including phenoxy) is 1. The van der Waals surface area contributed by atoms with Crippen LogP contribution in [0.4, 0.5) is 0 Å². The van der Waals surface area contributed by atoms with E-state index >= 15 is 0 Å². The number of carbonyl (C=O) groups is 4. The van der Waals surface area contributed by atoms with Crippen LogP contribution < -0.4 is 0 Å². The number of aliphatic hydroxyl groups excluding tert-OH is 1. The van der Waals surface area contributed by atoms with Crippen molar-refractivity contribution < 1.29 is 34.1 Å². The molecule has 7 heteroatoms. The second-order valence-corrected chi connectivity index (χ2v) is 18.3. The molecule has 0 radical (unpaired) electrons. The fourth-order valence-electron chi connectivity index (χ4n) is 5.79. The standard InChI is InChI=1S/C12H12O2.C11H22O2.C10H14O.C10H22.C5H12O.C5H10O/c1-7(2)8-3-4-9-10(5-8)12(14)6-11(9)13;1-4-5-6-7-8-10(9(2)3)11(12)13;1-8(2)10(11)9-6-4-3-5-7-9;1-4-5-6-7-8-9-10(2)3;1-5(2)4-6-3;1-4(2)5(3)6/h3-5,7H,6H2,1-2H3;9-10H,4-8H2,1-3H3,(H,12,13);3-8,10-11H,1-2H3;10H,4-9H2,1-3H3;5H,4H2,1-3H3;4H,1-3H3. The van der Waals surface area contributed by atoms with Gasteiger partial charge in [0.15, 0.2) is 11.6 Å². The number of aliphatic carboxylic acids is 1. The van der Waals surface area contributed by atoms with Crippen LogP contribution in [-0.4, -0.2) is 47.2 Å². The van der Waals surface area contributed by atoms with Crippen LogP contribution in [0.2, 0.25) is 0 Å². The lowest BCUT2D eigenvalue weighted by Gasteiger charge is -2.15. The quantitative estimate of drug-likeness (QED) is 0.107. The van der Waals surface area contributed by atoms with E-state index in [2.05, 4.69) is 55.4 Å². The highest BCUT2D eigenvalue weighted by atomic mass is 16.5. The molecule has 1 aliphatic carbocycles. The maximum Gasteiger partial charge on any atom is 0.306 e. The normalized spacial score (nSPS) is 12.6. The van der Waals surface area contributed by atoms with E-state index in [0.717, 1.165) is 36.5 Å². The van der Waals surface area contributed by atoms with Crippen LogP contribution in [0.5, 0.6) is 0 Å². The van der Waals surface area contributed by atoms with Gasteiger partial charge < -0.3 is 14.9 Å². The second-order valence-electron chi connectivity index (χ2n) is 18.3. The molecule has 346 valence electrons. The number of hydrogen-bond acceptors (Lipinski definition) is 6. The summed E-state index contributed by atoms with van der Waals surface area (Å²) in [6, 6.07) is 15.3. The van der Waals surface area contributed by atoms with E-state index in [4.69, 9.17) is 9.84 Å². The molecular formula is C53H92O7. The van der Waals surface area contributed by atoms with Crippen LogP contribution in [0.1, 0.15) is 225 Å². The molecular weight excluding hydrogens is 749 g/mol. The van der Waals surface area contributed by atoms with Gasteiger partial charge in [-0.25, -0.2) is 0 Å². The van der Waals surface area contributed by atoms with E-state index in [-0.39, 0.29) is 53.5 Å². The topological polar surface area (TPSA) is 118 Å². The molecule has 0 aromatic heterocycles. The number of carboxylic acids is 1. The zero-order valence-electron chi connectivity index (χ0n) is 41.4. The molecule has 7 nitrogen and oxygen atoms in total. The van der Waals surface area contributed by atoms with Gasteiger partial charge in [-0.3, -0.25) is 19.2 Å². The average molecular weight is 841 g/mol. The Morgan fingerprint density at radius 1 is 0.633 bits per heavy atom. The third kappa shape index (κ3) is 32.6. The first-order chi connectivity index (χ1) is 28.1. The Morgan fingerprint density at radius 2 is 1.12 bits per heavy atom. The molecule has 2 atom stereocenters.